The Labute approximate surface area is 108 Å². The highest BCUT2D eigenvalue weighted by Crippen LogP contribution is 2.48. The smallest absolute Gasteiger partial charge is 0.253 e. The lowest BCUT2D eigenvalue weighted by atomic mass is 10.0. The van der Waals surface area contributed by atoms with E-state index in [4.69, 9.17) is 4.74 Å². The van der Waals surface area contributed by atoms with Crippen LogP contribution in [0.4, 0.5) is 23.2 Å². The number of ether oxygens (including phenoxy) is 1. The lowest BCUT2D eigenvalue weighted by Gasteiger charge is -2.17. The molecule has 1 aliphatic rings. The zero-order valence-corrected chi connectivity index (χ0v) is 10.4. The summed E-state index contributed by atoms with van der Waals surface area (Å²) in [6, 6.07) is 0. The number of hydrogen-bond donors (Lipinski definition) is 1. The molecule has 0 spiro atoms. The minimum atomic E-state index is -1.65. The molecule has 0 amide bonds. The van der Waals surface area contributed by atoms with Crippen LogP contribution in [0.2, 0.25) is 0 Å². The summed E-state index contributed by atoms with van der Waals surface area (Å²) in [5, 5.41) is 2.45. The first-order chi connectivity index (χ1) is 8.99. The van der Waals surface area contributed by atoms with Gasteiger partial charge in [0.05, 0.1) is 0 Å². The molecule has 0 radical (unpaired) electrons. The molecule has 1 heterocycles. The van der Waals surface area contributed by atoms with Crippen LogP contribution in [0, 0.1) is 28.9 Å². The van der Waals surface area contributed by atoms with Gasteiger partial charge < -0.3 is 10.1 Å². The van der Waals surface area contributed by atoms with E-state index in [1.807, 2.05) is 0 Å². The molecule has 0 saturated heterocycles. The zero-order valence-electron chi connectivity index (χ0n) is 10.4. The molecule has 0 aromatic carbocycles. The van der Waals surface area contributed by atoms with Gasteiger partial charge in [0.25, 0.3) is 11.9 Å². The van der Waals surface area contributed by atoms with Gasteiger partial charge in [-0.3, -0.25) is 0 Å². The molecular formula is C12H14F4N2O. The summed E-state index contributed by atoms with van der Waals surface area (Å²) in [4.78, 5) is 2.50. The van der Waals surface area contributed by atoms with Crippen LogP contribution in [-0.2, 0) is 4.74 Å². The van der Waals surface area contributed by atoms with Crippen LogP contribution in [0.25, 0.3) is 0 Å². The van der Waals surface area contributed by atoms with Gasteiger partial charge in [0.1, 0.15) is 5.69 Å². The third kappa shape index (κ3) is 2.97. The van der Waals surface area contributed by atoms with Crippen LogP contribution in [0.15, 0.2) is 0 Å². The molecule has 3 nitrogen and oxygen atoms in total. The average molecular weight is 278 g/mol. The first-order valence-corrected chi connectivity index (χ1v) is 5.92. The summed E-state index contributed by atoms with van der Waals surface area (Å²) >= 11 is 0. The van der Waals surface area contributed by atoms with E-state index in [0.29, 0.717) is 6.61 Å². The van der Waals surface area contributed by atoms with Gasteiger partial charge in [-0.15, -0.1) is 0 Å². The Morgan fingerprint density at radius 3 is 2.21 bits per heavy atom. The highest BCUT2D eigenvalue weighted by molar-refractivity contribution is 5.45. The number of methoxy groups -OCH3 is 1. The van der Waals surface area contributed by atoms with Crippen molar-refractivity contribution in [2.75, 3.05) is 25.6 Å². The third-order valence-corrected chi connectivity index (χ3v) is 3.43. The highest BCUT2D eigenvalue weighted by Gasteiger charge is 2.42. The third-order valence-electron chi connectivity index (χ3n) is 3.43. The van der Waals surface area contributed by atoms with E-state index in [2.05, 4.69) is 10.3 Å². The summed E-state index contributed by atoms with van der Waals surface area (Å²) in [6.45, 7) is 0.777. The van der Waals surface area contributed by atoms with Crippen molar-refractivity contribution in [2.45, 2.75) is 19.3 Å². The maximum absolute atomic E-state index is 13.4. The second-order valence-electron chi connectivity index (χ2n) is 4.79. The van der Waals surface area contributed by atoms with Crippen molar-refractivity contribution < 1.29 is 22.3 Å². The maximum atomic E-state index is 13.4. The number of halogens is 4. The fourth-order valence-electron chi connectivity index (χ4n) is 1.93. The molecule has 0 bridgehead atoms. The zero-order chi connectivity index (χ0) is 14.0. The Bertz CT molecular complexity index is 451. The van der Waals surface area contributed by atoms with Gasteiger partial charge in [-0.2, -0.15) is 22.5 Å². The Hall–Kier alpha value is -1.37. The van der Waals surface area contributed by atoms with Gasteiger partial charge in [-0.05, 0) is 24.7 Å². The van der Waals surface area contributed by atoms with Crippen molar-refractivity contribution in [3.63, 3.8) is 0 Å². The fraction of sp³-hybridized carbons (Fsp3) is 0.583. The van der Waals surface area contributed by atoms with Crippen molar-refractivity contribution >= 4 is 5.69 Å². The van der Waals surface area contributed by atoms with E-state index in [0.717, 1.165) is 19.3 Å². The maximum Gasteiger partial charge on any atom is 0.253 e. The largest absolute Gasteiger partial charge is 0.385 e. The van der Waals surface area contributed by atoms with Crippen molar-refractivity contribution in [1.82, 2.24) is 4.98 Å². The van der Waals surface area contributed by atoms with Gasteiger partial charge in [0.2, 0.25) is 11.6 Å². The van der Waals surface area contributed by atoms with Crippen LogP contribution in [0.5, 0.6) is 0 Å². The molecule has 0 aliphatic heterocycles. The van der Waals surface area contributed by atoms with Crippen LogP contribution < -0.4 is 5.32 Å². The van der Waals surface area contributed by atoms with Crippen LogP contribution in [0.1, 0.15) is 19.3 Å². The standard InChI is InChI=1S/C12H14F4N2O/c1-19-5-4-12(2-3-12)6-17-9-7(13)10(15)18-11(16)8(9)14/h2-6H2,1H3,(H,17,18). The number of pyridine rings is 1. The number of anilines is 1. The number of aromatic nitrogens is 1. The number of nitrogens with one attached hydrogen (secondary N) is 1. The first-order valence-electron chi connectivity index (χ1n) is 5.92. The molecule has 7 heteroatoms. The molecule has 0 unspecified atom stereocenters. The van der Waals surface area contributed by atoms with E-state index < -0.39 is 29.2 Å². The van der Waals surface area contributed by atoms with E-state index in [-0.39, 0.29) is 12.0 Å². The number of nitrogens with zero attached hydrogens (tertiary/aromatic N) is 1. The highest BCUT2D eigenvalue weighted by atomic mass is 19.2. The molecule has 1 aromatic heterocycles. The SMILES string of the molecule is COCCC1(CNc2c(F)c(F)nc(F)c2F)CC1. The molecule has 0 atom stereocenters. The minimum Gasteiger partial charge on any atom is -0.385 e. The van der Waals surface area contributed by atoms with E-state index in [1.54, 1.807) is 7.11 Å². The molecule has 2 rings (SSSR count). The Kier molecular flexibility index (Phi) is 3.93. The molecule has 1 N–H and O–H groups in total. The van der Waals surface area contributed by atoms with Crippen LogP contribution in [0.3, 0.4) is 0 Å². The summed E-state index contributed by atoms with van der Waals surface area (Å²) in [7, 11) is 1.57. The van der Waals surface area contributed by atoms with Crippen molar-refractivity contribution in [3.8, 4) is 0 Å². The van der Waals surface area contributed by atoms with Crippen molar-refractivity contribution in [2.24, 2.45) is 5.41 Å². The van der Waals surface area contributed by atoms with Gasteiger partial charge in [0, 0.05) is 20.3 Å². The summed E-state index contributed by atoms with van der Waals surface area (Å²) in [5.41, 5.74) is -0.904. The Balaban J connectivity index is 2.08. The lowest BCUT2D eigenvalue weighted by Crippen LogP contribution is -2.19. The summed E-state index contributed by atoms with van der Waals surface area (Å²) in [6.07, 6.45) is 2.51. The molecule has 1 fully saturated rings. The Morgan fingerprint density at radius 1 is 1.16 bits per heavy atom. The monoisotopic (exact) mass is 278 g/mol. The molecular weight excluding hydrogens is 264 g/mol. The van der Waals surface area contributed by atoms with Gasteiger partial charge >= 0.3 is 0 Å². The van der Waals surface area contributed by atoms with Crippen molar-refractivity contribution in [3.05, 3.63) is 23.5 Å². The topological polar surface area (TPSA) is 34.1 Å². The van der Waals surface area contributed by atoms with Crippen LogP contribution >= 0.6 is 0 Å². The molecule has 1 aromatic rings. The van der Waals surface area contributed by atoms with E-state index in [1.165, 1.54) is 0 Å². The summed E-state index contributed by atoms with van der Waals surface area (Å²) < 4.78 is 57.5. The predicted octanol–water partition coefficient (Wildman–Crippen LogP) is 2.87. The molecule has 1 aliphatic carbocycles. The number of hydrogen-bond acceptors (Lipinski definition) is 3. The average Bonchev–Trinajstić information content (AvgIpc) is 3.15. The lowest BCUT2D eigenvalue weighted by molar-refractivity contribution is 0.174. The summed E-state index contributed by atoms with van der Waals surface area (Å²) in [5.74, 6) is -6.30. The predicted molar refractivity (Wildman–Crippen MR) is 60.7 cm³/mol. The van der Waals surface area contributed by atoms with Gasteiger partial charge in [0.15, 0.2) is 0 Å². The second-order valence-corrected chi connectivity index (χ2v) is 4.79. The molecule has 1 saturated carbocycles. The normalized spacial score (nSPS) is 16.5. The van der Waals surface area contributed by atoms with Crippen LogP contribution in [-0.4, -0.2) is 25.2 Å². The molecule has 106 valence electrons. The number of rotatable bonds is 6. The first kappa shape index (κ1) is 14.0. The fourth-order valence-corrected chi connectivity index (χ4v) is 1.93. The van der Waals surface area contributed by atoms with E-state index >= 15 is 0 Å². The van der Waals surface area contributed by atoms with Gasteiger partial charge in [-0.1, -0.05) is 0 Å². The van der Waals surface area contributed by atoms with Gasteiger partial charge in [-0.25, -0.2) is 0 Å². The van der Waals surface area contributed by atoms with Crippen molar-refractivity contribution in [1.29, 1.82) is 0 Å². The Morgan fingerprint density at radius 2 is 1.74 bits per heavy atom. The van der Waals surface area contributed by atoms with E-state index in [9.17, 15) is 17.6 Å². The molecule has 19 heavy (non-hydrogen) atoms. The minimum absolute atomic E-state index is 0.106. The quantitative estimate of drug-likeness (QED) is 0.642. The second kappa shape index (κ2) is 5.32.